The molecule has 0 aromatic heterocycles. The van der Waals surface area contributed by atoms with E-state index in [1.807, 2.05) is 6.92 Å². The number of halogens is 2. The molecule has 3 N–H and O–H groups in total. The van der Waals surface area contributed by atoms with Gasteiger partial charge >= 0.3 is 0 Å². The number of hydrogen-bond donors (Lipinski definition) is 2. The molecule has 112 valence electrons. The van der Waals surface area contributed by atoms with Crippen LogP contribution < -0.4 is 10.5 Å². The second-order valence-electron chi connectivity index (χ2n) is 4.71. The van der Waals surface area contributed by atoms with Gasteiger partial charge in [0.15, 0.2) is 0 Å². The summed E-state index contributed by atoms with van der Waals surface area (Å²) in [6, 6.07) is 8.37. The number of benzene rings is 2. The van der Waals surface area contributed by atoms with E-state index in [-0.39, 0.29) is 4.90 Å². The van der Waals surface area contributed by atoms with Gasteiger partial charge in [-0.3, -0.25) is 4.72 Å². The molecule has 2 aromatic carbocycles. The molecule has 21 heavy (non-hydrogen) atoms. The fraction of sp³-hybridized carbons (Fsp3) is 0.143. The van der Waals surface area contributed by atoms with Gasteiger partial charge in [0, 0.05) is 14.6 Å². The van der Waals surface area contributed by atoms with Crippen LogP contribution in [0.25, 0.3) is 0 Å². The smallest absolute Gasteiger partial charge is 0.263 e. The van der Waals surface area contributed by atoms with E-state index < -0.39 is 10.0 Å². The molecule has 0 fully saturated rings. The normalized spacial score (nSPS) is 11.4. The summed E-state index contributed by atoms with van der Waals surface area (Å²) in [7, 11) is -3.69. The Balaban J connectivity index is 2.46. The second kappa shape index (κ2) is 5.98. The highest BCUT2D eigenvalue weighted by Crippen LogP contribution is 2.30. The number of nitrogens with one attached hydrogen (secondary N) is 1. The molecule has 0 aliphatic carbocycles. The van der Waals surface area contributed by atoms with Crippen molar-refractivity contribution in [3.8, 4) is 0 Å². The second-order valence-corrected chi connectivity index (χ2v) is 8.07. The van der Waals surface area contributed by atoms with Gasteiger partial charge in [-0.2, -0.15) is 0 Å². The van der Waals surface area contributed by atoms with Crippen LogP contribution >= 0.6 is 31.9 Å². The summed E-state index contributed by atoms with van der Waals surface area (Å²) in [5.41, 5.74) is 8.48. The van der Waals surface area contributed by atoms with E-state index >= 15 is 0 Å². The number of rotatable bonds is 3. The fourth-order valence-electron chi connectivity index (χ4n) is 1.84. The van der Waals surface area contributed by atoms with Crippen molar-refractivity contribution < 1.29 is 8.42 Å². The summed E-state index contributed by atoms with van der Waals surface area (Å²) in [6.07, 6.45) is 0. The first-order valence-corrected chi connectivity index (χ1v) is 9.12. The lowest BCUT2D eigenvalue weighted by Crippen LogP contribution is -2.14. The zero-order chi connectivity index (χ0) is 15.8. The number of sulfonamides is 1. The van der Waals surface area contributed by atoms with Crippen molar-refractivity contribution in [2.45, 2.75) is 18.7 Å². The Morgan fingerprint density at radius 2 is 1.67 bits per heavy atom. The first-order valence-electron chi connectivity index (χ1n) is 6.05. The topological polar surface area (TPSA) is 72.2 Å². The van der Waals surface area contributed by atoms with E-state index in [2.05, 4.69) is 36.6 Å². The average Bonchev–Trinajstić information content (AvgIpc) is 2.37. The molecule has 0 aliphatic rings. The SMILES string of the molecule is Cc1cc(Br)c(S(=O)(=O)Nc2ccc(N)cc2C)cc1Br. The third-order valence-corrected chi connectivity index (χ3v) is 6.18. The molecule has 7 heteroatoms. The Kier molecular flexibility index (Phi) is 4.65. The van der Waals surface area contributed by atoms with Crippen molar-refractivity contribution in [2.24, 2.45) is 0 Å². The number of anilines is 2. The Hall–Kier alpha value is -1.05. The lowest BCUT2D eigenvalue weighted by molar-refractivity contribution is 0.600. The maximum absolute atomic E-state index is 12.5. The molecule has 0 unspecified atom stereocenters. The third kappa shape index (κ3) is 3.59. The number of aryl methyl sites for hydroxylation is 2. The minimum Gasteiger partial charge on any atom is -0.399 e. The van der Waals surface area contributed by atoms with Crippen LogP contribution in [-0.2, 0) is 10.0 Å². The molecule has 0 bridgehead atoms. The highest BCUT2D eigenvalue weighted by molar-refractivity contribution is 9.11. The van der Waals surface area contributed by atoms with E-state index in [4.69, 9.17) is 5.73 Å². The van der Waals surface area contributed by atoms with Crippen LogP contribution in [0, 0.1) is 13.8 Å². The minimum atomic E-state index is -3.69. The molecule has 0 radical (unpaired) electrons. The lowest BCUT2D eigenvalue weighted by Gasteiger charge is -2.13. The van der Waals surface area contributed by atoms with Crippen molar-refractivity contribution in [1.82, 2.24) is 0 Å². The molecule has 2 rings (SSSR count). The van der Waals surface area contributed by atoms with Crippen molar-refractivity contribution in [2.75, 3.05) is 10.5 Å². The number of nitrogens with two attached hydrogens (primary N) is 1. The Morgan fingerprint density at radius 1 is 1.00 bits per heavy atom. The minimum absolute atomic E-state index is 0.177. The van der Waals surface area contributed by atoms with E-state index in [0.29, 0.717) is 15.8 Å². The van der Waals surface area contributed by atoms with Crippen LogP contribution in [0.5, 0.6) is 0 Å². The summed E-state index contributed by atoms with van der Waals surface area (Å²) in [4.78, 5) is 0.177. The molecular weight excluding hydrogens is 420 g/mol. The summed E-state index contributed by atoms with van der Waals surface area (Å²) < 4.78 is 28.9. The molecule has 0 saturated heterocycles. The molecule has 0 saturated carbocycles. The standard InChI is InChI=1S/C14H14Br2N2O2S/c1-8-6-12(16)14(7-11(8)15)21(19,20)18-13-4-3-10(17)5-9(13)2/h3-7,18H,17H2,1-2H3. The maximum atomic E-state index is 12.5. The largest absolute Gasteiger partial charge is 0.399 e. The van der Waals surface area contributed by atoms with Crippen molar-refractivity contribution >= 4 is 53.3 Å². The van der Waals surface area contributed by atoms with Crippen LogP contribution in [0.4, 0.5) is 11.4 Å². The summed E-state index contributed by atoms with van der Waals surface area (Å²) in [5.74, 6) is 0. The lowest BCUT2D eigenvalue weighted by atomic mass is 10.2. The van der Waals surface area contributed by atoms with Gasteiger partial charge in [0.1, 0.15) is 4.90 Å². The van der Waals surface area contributed by atoms with E-state index in [0.717, 1.165) is 15.6 Å². The van der Waals surface area contributed by atoms with Crippen LogP contribution in [0.15, 0.2) is 44.2 Å². The Bertz CT molecular complexity index is 805. The molecular formula is C14H14Br2N2O2S. The predicted octanol–water partition coefficient (Wildman–Crippen LogP) is 4.21. The van der Waals surface area contributed by atoms with Gasteiger partial charge in [0.25, 0.3) is 10.0 Å². The highest BCUT2D eigenvalue weighted by Gasteiger charge is 2.20. The predicted molar refractivity (Wildman–Crippen MR) is 93.0 cm³/mol. The summed E-state index contributed by atoms with van der Waals surface area (Å²) in [5, 5.41) is 0. The summed E-state index contributed by atoms with van der Waals surface area (Å²) >= 11 is 6.65. The average molecular weight is 434 g/mol. The van der Waals surface area contributed by atoms with Crippen molar-refractivity contribution in [3.05, 3.63) is 50.4 Å². The van der Waals surface area contributed by atoms with Crippen molar-refractivity contribution in [1.29, 1.82) is 0 Å². The molecule has 0 heterocycles. The third-order valence-electron chi connectivity index (χ3n) is 3.00. The molecule has 2 aromatic rings. The molecule has 0 amide bonds. The van der Waals surface area contributed by atoms with Crippen LogP contribution in [-0.4, -0.2) is 8.42 Å². The Labute approximate surface area is 141 Å². The summed E-state index contributed by atoms with van der Waals surface area (Å²) in [6.45, 7) is 3.69. The zero-order valence-electron chi connectivity index (χ0n) is 11.4. The van der Waals surface area contributed by atoms with E-state index in [9.17, 15) is 8.42 Å². The molecule has 0 aliphatic heterocycles. The van der Waals surface area contributed by atoms with Gasteiger partial charge in [-0.05, 0) is 71.2 Å². The van der Waals surface area contributed by atoms with Gasteiger partial charge in [0.05, 0.1) is 5.69 Å². The van der Waals surface area contributed by atoms with Crippen LogP contribution in [0.1, 0.15) is 11.1 Å². The first-order chi connectivity index (χ1) is 9.70. The van der Waals surface area contributed by atoms with Gasteiger partial charge in [0.2, 0.25) is 0 Å². The van der Waals surface area contributed by atoms with E-state index in [1.165, 1.54) is 0 Å². The molecule has 4 nitrogen and oxygen atoms in total. The monoisotopic (exact) mass is 432 g/mol. The quantitative estimate of drug-likeness (QED) is 0.712. The van der Waals surface area contributed by atoms with Gasteiger partial charge in [-0.1, -0.05) is 15.9 Å². The fourth-order valence-corrected chi connectivity index (χ4v) is 4.64. The van der Waals surface area contributed by atoms with Gasteiger partial charge in [-0.15, -0.1) is 0 Å². The molecule has 0 spiro atoms. The Morgan fingerprint density at radius 3 is 2.29 bits per heavy atom. The van der Waals surface area contributed by atoms with Crippen molar-refractivity contribution in [3.63, 3.8) is 0 Å². The zero-order valence-corrected chi connectivity index (χ0v) is 15.4. The van der Waals surface area contributed by atoms with Gasteiger partial charge in [-0.25, -0.2) is 8.42 Å². The number of hydrogen-bond acceptors (Lipinski definition) is 3. The van der Waals surface area contributed by atoms with Gasteiger partial charge < -0.3 is 5.73 Å². The molecule has 0 atom stereocenters. The van der Waals surface area contributed by atoms with Crippen LogP contribution in [0.3, 0.4) is 0 Å². The maximum Gasteiger partial charge on any atom is 0.263 e. The number of nitrogen functional groups attached to an aromatic ring is 1. The van der Waals surface area contributed by atoms with E-state index in [1.54, 1.807) is 37.3 Å². The van der Waals surface area contributed by atoms with Crippen LogP contribution in [0.2, 0.25) is 0 Å². The first kappa shape index (κ1) is 16.3. The highest BCUT2D eigenvalue weighted by atomic mass is 79.9.